The van der Waals surface area contributed by atoms with Gasteiger partial charge in [0, 0.05) is 21.9 Å². The van der Waals surface area contributed by atoms with E-state index in [1.54, 1.807) is 0 Å². The first-order valence-corrected chi connectivity index (χ1v) is 7.41. The lowest BCUT2D eigenvalue weighted by atomic mass is 9.85. The van der Waals surface area contributed by atoms with Crippen molar-refractivity contribution < 1.29 is 4.42 Å². The van der Waals surface area contributed by atoms with Crippen LogP contribution in [0, 0.1) is 0 Å². The molecule has 1 heterocycles. The van der Waals surface area contributed by atoms with Gasteiger partial charge in [-0.2, -0.15) is 0 Å². The van der Waals surface area contributed by atoms with Crippen LogP contribution < -0.4 is 5.32 Å². The minimum absolute atomic E-state index is 0.151. The summed E-state index contributed by atoms with van der Waals surface area (Å²) in [6, 6.07) is 8.60. The highest BCUT2D eigenvalue weighted by atomic mass is 35.5. The van der Waals surface area contributed by atoms with Crippen LogP contribution >= 0.6 is 11.6 Å². The molecule has 19 heavy (non-hydrogen) atoms. The molecule has 1 aliphatic carbocycles. The molecule has 0 spiro atoms. The normalized spacial score (nSPS) is 27.2. The zero-order valence-corrected chi connectivity index (χ0v) is 12.3. The zero-order chi connectivity index (χ0) is 13.5. The van der Waals surface area contributed by atoms with Gasteiger partial charge in [-0.15, -0.1) is 0 Å². The second kappa shape index (κ2) is 4.84. The average molecular weight is 278 g/mol. The SMILES string of the molecule is CCNC1CCC(C)(c2cc3cc(Cl)ccc3o2)C1. The van der Waals surface area contributed by atoms with Crippen LogP contribution in [0.2, 0.25) is 5.02 Å². The molecule has 2 aromatic rings. The number of rotatable bonds is 3. The Hall–Kier alpha value is -0.990. The minimum Gasteiger partial charge on any atom is -0.460 e. The van der Waals surface area contributed by atoms with E-state index in [9.17, 15) is 0 Å². The Morgan fingerprint density at radius 1 is 1.42 bits per heavy atom. The van der Waals surface area contributed by atoms with Crippen LogP contribution in [0.4, 0.5) is 0 Å². The van der Waals surface area contributed by atoms with Crippen LogP contribution in [0.3, 0.4) is 0 Å². The van der Waals surface area contributed by atoms with E-state index in [1.807, 2.05) is 18.2 Å². The first-order valence-electron chi connectivity index (χ1n) is 7.04. The molecule has 1 aromatic heterocycles. The number of hydrogen-bond acceptors (Lipinski definition) is 2. The molecule has 1 saturated carbocycles. The van der Waals surface area contributed by atoms with Crippen molar-refractivity contribution in [1.82, 2.24) is 5.32 Å². The van der Waals surface area contributed by atoms with Crippen LogP contribution in [-0.2, 0) is 5.41 Å². The highest BCUT2D eigenvalue weighted by Gasteiger charge is 2.38. The molecule has 1 fully saturated rings. The van der Waals surface area contributed by atoms with Gasteiger partial charge in [0.1, 0.15) is 11.3 Å². The van der Waals surface area contributed by atoms with Crippen molar-refractivity contribution >= 4 is 22.6 Å². The van der Waals surface area contributed by atoms with Crippen molar-refractivity contribution in [1.29, 1.82) is 0 Å². The van der Waals surface area contributed by atoms with E-state index < -0.39 is 0 Å². The summed E-state index contributed by atoms with van der Waals surface area (Å²) in [6.45, 7) is 5.51. The lowest BCUT2D eigenvalue weighted by molar-refractivity contribution is 0.370. The number of fused-ring (bicyclic) bond motifs is 1. The van der Waals surface area contributed by atoms with Crippen molar-refractivity contribution in [3.8, 4) is 0 Å². The van der Waals surface area contributed by atoms with Gasteiger partial charge in [-0.25, -0.2) is 0 Å². The van der Waals surface area contributed by atoms with Gasteiger partial charge < -0.3 is 9.73 Å². The smallest absolute Gasteiger partial charge is 0.134 e. The molecule has 0 aliphatic heterocycles. The monoisotopic (exact) mass is 277 g/mol. The number of furan rings is 1. The molecule has 0 saturated heterocycles. The Morgan fingerprint density at radius 3 is 3.05 bits per heavy atom. The molecule has 0 radical (unpaired) electrons. The highest BCUT2D eigenvalue weighted by molar-refractivity contribution is 6.31. The van der Waals surface area contributed by atoms with E-state index in [0.29, 0.717) is 6.04 Å². The molecule has 2 nitrogen and oxygen atoms in total. The van der Waals surface area contributed by atoms with Gasteiger partial charge in [0.15, 0.2) is 0 Å². The van der Waals surface area contributed by atoms with Gasteiger partial charge in [0.25, 0.3) is 0 Å². The molecular weight excluding hydrogens is 258 g/mol. The van der Waals surface area contributed by atoms with Crippen molar-refractivity contribution in [2.24, 2.45) is 0 Å². The molecule has 3 rings (SSSR count). The maximum absolute atomic E-state index is 6.05. The van der Waals surface area contributed by atoms with E-state index in [1.165, 1.54) is 12.8 Å². The summed E-state index contributed by atoms with van der Waals surface area (Å²) >= 11 is 6.04. The van der Waals surface area contributed by atoms with Crippen molar-refractivity contribution in [3.63, 3.8) is 0 Å². The lowest BCUT2D eigenvalue weighted by Gasteiger charge is -2.21. The van der Waals surface area contributed by atoms with Gasteiger partial charge in [0.2, 0.25) is 0 Å². The van der Waals surface area contributed by atoms with Gasteiger partial charge in [0.05, 0.1) is 0 Å². The second-order valence-electron chi connectivity index (χ2n) is 5.85. The van der Waals surface area contributed by atoms with E-state index in [0.717, 1.165) is 34.7 Å². The van der Waals surface area contributed by atoms with Gasteiger partial charge >= 0.3 is 0 Å². The average Bonchev–Trinajstić information content (AvgIpc) is 2.94. The third-order valence-corrected chi connectivity index (χ3v) is 4.54. The molecule has 1 aliphatic rings. The summed E-state index contributed by atoms with van der Waals surface area (Å²) < 4.78 is 6.05. The van der Waals surface area contributed by atoms with E-state index in [-0.39, 0.29) is 5.41 Å². The third kappa shape index (κ3) is 2.39. The summed E-state index contributed by atoms with van der Waals surface area (Å²) in [6.07, 6.45) is 3.55. The number of benzene rings is 1. The Balaban J connectivity index is 1.91. The first kappa shape index (κ1) is 13.0. The van der Waals surface area contributed by atoms with E-state index in [4.69, 9.17) is 16.0 Å². The summed E-state index contributed by atoms with van der Waals surface area (Å²) in [4.78, 5) is 0. The summed E-state index contributed by atoms with van der Waals surface area (Å²) in [5.74, 6) is 1.10. The molecular formula is C16H20ClNO. The van der Waals surface area contributed by atoms with Gasteiger partial charge in [-0.3, -0.25) is 0 Å². The lowest BCUT2D eigenvalue weighted by Crippen LogP contribution is -2.28. The quantitative estimate of drug-likeness (QED) is 0.893. The van der Waals surface area contributed by atoms with Crippen LogP contribution in [0.1, 0.15) is 38.9 Å². The second-order valence-corrected chi connectivity index (χ2v) is 6.29. The topological polar surface area (TPSA) is 25.2 Å². The summed E-state index contributed by atoms with van der Waals surface area (Å²) in [5.41, 5.74) is 1.09. The van der Waals surface area contributed by atoms with Gasteiger partial charge in [-0.05, 0) is 50.1 Å². The molecule has 3 heteroatoms. The Morgan fingerprint density at radius 2 is 2.26 bits per heavy atom. The van der Waals surface area contributed by atoms with Crippen molar-refractivity contribution in [3.05, 3.63) is 35.0 Å². The van der Waals surface area contributed by atoms with Gasteiger partial charge in [-0.1, -0.05) is 25.4 Å². The Bertz CT molecular complexity index is 591. The third-order valence-electron chi connectivity index (χ3n) is 4.31. The molecule has 2 unspecified atom stereocenters. The minimum atomic E-state index is 0.151. The molecule has 102 valence electrons. The fourth-order valence-electron chi connectivity index (χ4n) is 3.24. The standard InChI is InChI=1S/C16H20ClNO/c1-3-18-13-6-7-16(2,10-13)15-9-11-8-12(17)4-5-14(11)19-15/h4-5,8-9,13,18H,3,6-7,10H2,1-2H3. The summed E-state index contributed by atoms with van der Waals surface area (Å²) in [7, 11) is 0. The molecule has 0 bridgehead atoms. The number of nitrogens with one attached hydrogen (secondary N) is 1. The predicted molar refractivity (Wildman–Crippen MR) is 79.9 cm³/mol. The van der Waals surface area contributed by atoms with Crippen molar-refractivity contribution in [2.75, 3.05) is 6.54 Å². The van der Waals surface area contributed by atoms with Crippen LogP contribution in [0.15, 0.2) is 28.7 Å². The van der Waals surface area contributed by atoms with Crippen LogP contribution in [0.5, 0.6) is 0 Å². The Labute approximate surface area is 119 Å². The summed E-state index contributed by atoms with van der Waals surface area (Å²) in [5, 5.41) is 5.42. The number of hydrogen-bond donors (Lipinski definition) is 1. The predicted octanol–water partition coefficient (Wildman–Crippen LogP) is 4.51. The molecule has 1 N–H and O–H groups in total. The molecule has 1 aromatic carbocycles. The fourth-order valence-corrected chi connectivity index (χ4v) is 3.42. The van der Waals surface area contributed by atoms with E-state index in [2.05, 4.69) is 25.2 Å². The van der Waals surface area contributed by atoms with E-state index >= 15 is 0 Å². The molecule has 0 amide bonds. The fraction of sp³-hybridized carbons (Fsp3) is 0.500. The Kier molecular flexibility index (Phi) is 3.32. The highest BCUT2D eigenvalue weighted by Crippen LogP contribution is 2.42. The van der Waals surface area contributed by atoms with Crippen molar-refractivity contribution in [2.45, 2.75) is 44.6 Å². The van der Waals surface area contributed by atoms with Crippen LogP contribution in [-0.4, -0.2) is 12.6 Å². The first-order chi connectivity index (χ1) is 9.10. The largest absolute Gasteiger partial charge is 0.460 e. The van der Waals surface area contributed by atoms with Crippen LogP contribution in [0.25, 0.3) is 11.0 Å². The maximum Gasteiger partial charge on any atom is 0.134 e. The molecule has 2 atom stereocenters. The zero-order valence-electron chi connectivity index (χ0n) is 11.5. The number of halogens is 1. The maximum atomic E-state index is 6.05.